The van der Waals surface area contributed by atoms with E-state index < -0.39 is 10.0 Å². The lowest BCUT2D eigenvalue weighted by Crippen LogP contribution is -2.24. The summed E-state index contributed by atoms with van der Waals surface area (Å²) in [7, 11) is -1.84. The smallest absolute Gasteiger partial charge is 0.258 e. The molecule has 0 saturated heterocycles. The summed E-state index contributed by atoms with van der Waals surface area (Å²) in [6.07, 6.45) is 3.24. The first kappa shape index (κ1) is 14.6. The van der Waals surface area contributed by atoms with Crippen LogP contribution in [0.15, 0.2) is 29.6 Å². The number of nitrogens with one attached hydrogen (secondary N) is 1. The van der Waals surface area contributed by atoms with Gasteiger partial charge in [-0.3, -0.25) is 4.68 Å². The summed E-state index contributed by atoms with van der Waals surface area (Å²) in [5.74, 6) is 0. The first-order chi connectivity index (χ1) is 9.42. The van der Waals surface area contributed by atoms with Crippen molar-refractivity contribution in [2.24, 2.45) is 12.8 Å². The van der Waals surface area contributed by atoms with Crippen LogP contribution in [0.3, 0.4) is 0 Å². The average molecular weight is 295 g/mol. The van der Waals surface area contributed by atoms with Gasteiger partial charge >= 0.3 is 0 Å². The lowest BCUT2D eigenvalue weighted by Gasteiger charge is -2.06. The number of hydrogen-bond acceptors (Lipinski definition) is 5. The number of hydrogen-bond donors (Lipinski definition) is 2. The Labute approximate surface area is 117 Å². The first-order valence-electron chi connectivity index (χ1n) is 6.06. The van der Waals surface area contributed by atoms with Crippen LogP contribution in [0.2, 0.25) is 0 Å². The summed E-state index contributed by atoms with van der Waals surface area (Å²) in [6, 6.07) is 3.09. The molecule has 108 valence electrons. The molecular weight excluding hydrogens is 278 g/mol. The number of nitrogens with two attached hydrogens (primary N) is 1. The number of sulfonamides is 1. The lowest BCUT2D eigenvalue weighted by molar-refractivity contribution is 0.577. The number of aryl methyl sites for hydroxylation is 2. The van der Waals surface area contributed by atoms with Crippen molar-refractivity contribution >= 4 is 10.0 Å². The van der Waals surface area contributed by atoms with Gasteiger partial charge in [-0.15, -0.1) is 0 Å². The van der Waals surface area contributed by atoms with E-state index in [0.29, 0.717) is 6.54 Å². The molecule has 0 aromatic carbocycles. The van der Waals surface area contributed by atoms with E-state index in [2.05, 4.69) is 14.8 Å². The van der Waals surface area contributed by atoms with E-state index in [1.165, 1.54) is 12.3 Å². The fourth-order valence-corrected chi connectivity index (χ4v) is 2.69. The van der Waals surface area contributed by atoms with E-state index in [1.807, 2.05) is 6.92 Å². The highest BCUT2D eigenvalue weighted by Crippen LogP contribution is 2.09. The van der Waals surface area contributed by atoms with Crippen molar-refractivity contribution < 1.29 is 8.42 Å². The molecule has 2 heterocycles. The summed E-state index contributed by atoms with van der Waals surface area (Å²) in [5.41, 5.74) is 7.85. The Balaban J connectivity index is 2.12. The topological polar surface area (TPSA) is 103 Å². The van der Waals surface area contributed by atoms with Gasteiger partial charge in [0.2, 0.25) is 0 Å². The Bertz CT molecular complexity index is 691. The molecule has 0 unspecified atom stereocenters. The van der Waals surface area contributed by atoms with Gasteiger partial charge in [0.05, 0.1) is 5.69 Å². The van der Waals surface area contributed by atoms with Crippen molar-refractivity contribution in [3.05, 3.63) is 41.3 Å². The molecule has 7 nitrogen and oxygen atoms in total. The van der Waals surface area contributed by atoms with Crippen LogP contribution >= 0.6 is 0 Å². The quantitative estimate of drug-likeness (QED) is 0.812. The molecule has 0 radical (unpaired) electrons. The Morgan fingerprint density at radius 3 is 2.65 bits per heavy atom. The van der Waals surface area contributed by atoms with Crippen LogP contribution in [-0.4, -0.2) is 23.2 Å². The molecule has 20 heavy (non-hydrogen) atoms. The van der Waals surface area contributed by atoms with Gasteiger partial charge in [0, 0.05) is 38.1 Å². The fraction of sp³-hybridized carbons (Fsp3) is 0.333. The lowest BCUT2D eigenvalue weighted by atomic mass is 10.3. The monoisotopic (exact) mass is 295 g/mol. The van der Waals surface area contributed by atoms with Crippen LogP contribution in [0.1, 0.15) is 16.8 Å². The Kier molecular flexibility index (Phi) is 4.17. The summed E-state index contributed by atoms with van der Waals surface area (Å²) in [5, 5.41) is 4.14. The van der Waals surface area contributed by atoms with E-state index in [1.54, 1.807) is 24.0 Å². The van der Waals surface area contributed by atoms with Crippen LogP contribution in [0, 0.1) is 6.92 Å². The second-order valence-electron chi connectivity index (χ2n) is 4.45. The molecule has 0 spiro atoms. The van der Waals surface area contributed by atoms with Gasteiger partial charge in [0.25, 0.3) is 10.0 Å². The van der Waals surface area contributed by atoms with Crippen LogP contribution in [0.4, 0.5) is 0 Å². The fourth-order valence-electron chi connectivity index (χ4n) is 1.76. The number of aromatic nitrogens is 3. The molecule has 8 heteroatoms. The minimum atomic E-state index is -3.63. The third-order valence-electron chi connectivity index (χ3n) is 2.88. The first-order valence-corrected chi connectivity index (χ1v) is 7.54. The van der Waals surface area contributed by atoms with Crippen LogP contribution in [-0.2, 0) is 30.2 Å². The average Bonchev–Trinajstić information content (AvgIpc) is 2.75. The van der Waals surface area contributed by atoms with Crippen molar-refractivity contribution in [2.45, 2.75) is 25.0 Å². The molecule has 2 rings (SSSR count). The Hall–Kier alpha value is -1.77. The number of pyridine rings is 1. The predicted octanol–water partition coefficient (Wildman–Crippen LogP) is 0.0607. The maximum atomic E-state index is 12.1. The minimum absolute atomic E-state index is 0.0174. The Morgan fingerprint density at radius 2 is 2.15 bits per heavy atom. The summed E-state index contributed by atoms with van der Waals surface area (Å²) in [4.78, 5) is 3.91. The molecule has 0 atom stereocenters. The van der Waals surface area contributed by atoms with Gasteiger partial charge < -0.3 is 5.73 Å². The van der Waals surface area contributed by atoms with Gasteiger partial charge in [-0.05, 0) is 18.6 Å². The SMILES string of the molecule is Cc1nn(C)cc1CNS(=O)(=O)c1ccc(CN)cn1. The molecule has 2 aromatic heterocycles. The third kappa shape index (κ3) is 3.21. The molecule has 3 N–H and O–H groups in total. The van der Waals surface area contributed by atoms with Crippen molar-refractivity contribution in [2.75, 3.05) is 0 Å². The summed E-state index contributed by atoms with van der Waals surface area (Å²) in [6.45, 7) is 2.34. The second kappa shape index (κ2) is 5.70. The molecular formula is C12H17N5O2S. The van der Waals surface area contributed by atoms with E-state index in [-0.39, 0.29) is 11.6 Å². The minimum Gasteiger partial charge on any atom is -0.326 e. The molecule has 2 aromatic rings. The summed E-state index contributed by atoms with van der Waals surface area (Å²) >= 11 is 0. The molecule has 0 saturated carbocycles. The molecule has 0 aliphatic rings. The highest BCUT2D eigenvalue weighted by molar-refractivity contribution is 7.89. The second-order valence-corrected chi connectivity index (χ2v) is 6.16. The van der Waals surface area contributed by atoms with Crippen molar-refractivity contribution in [3.8, 4) is 0 Å². The van der Waals surface area contributed by atoms with Gasteiger partial charge in [-0.25, -0.2) is 18.1 Å². The maximum absolute atomic E-state index is 12.1. The van der Waals surface area contributed by atoms with E-state index in [0.717, 1.165) is 16.8 Å². The molecule has 0 aliphatic carbocycles. The van der Waals surface area contributed by atoms with Crippen LogP contribution < -0.4 is 10.5 Å². The predicted molar refractivity (Wildman–Crippen MR) is 74.1 cm³/mol. The van der Waals surface area contributed by atoms with Gasteiger partial charge in [-0.2, -0.15) is 5.10 Å². The Morgan fingerprint density at radius 1 is 1.40 bits per heavy atom. The number of rotatable bonds is 5. The van der Waals surface area contributed by atoms with Crippen molar-refractivity contribution in [3.63, 3.8) is 0 Å². The zero-order valence-corrected chi connectivity index (χ0v) is 12.2. The standard InChI is InChI=1S/C12H17N5O2S/c1-9-11(8-17(2)16-9)7-15-20(18,19)12-4-3-10(5-13)6-14-12/h3-4,6,8,15H,5,7,13H2,1-2H3. The van der Waals surface area contributed by atoms with Gasteiger partial charge in [-0.1, -0.05) is 6.07 Å². The van der Waals surface area contributed by atoms with Crippen LogP contribution in [0.5, 0.6) is 0 Å². The van der Waals surface area contributed by atoms with E-state index >= 15 is 0 Å². The van der Waals surface area contributed by atoms with Gasteiger partial charge in [0.15, 0.2) is 5.03 Å². The zero-order chi connectivity index (χ0) is 14.8. The normalized spacial score (nSPS) is 11.8. The van der Waals surface area contributed by atoms with E-state index in [4.69, 9.17) is 5.73 Å². The molecule has 0 aliphatic heterocycles. The third-order valence-corrected chi connectivity index (χ3v) is 4.19. The van der Waals surface area contributed by atoms with Gasteiger partial charge in [0.1, 0.15) is 0 Å². The molecule has 0 bridgehead atoms. The number of nitrogens with zero attached hydrogens (tertiary/aromatic N) is 3. The largest absolute Gasteiger partial charge is 0.326 e. The highest BCUT2D eigenvalue weighted by Gasteiger charge is 2.16. The summed E-state index contributed by atoms with van der Waals surface area (Å²) < 4.78 is 28.3. The maximum Gasteiger partial charge on any atom is 0.258 e. The van der Waals surface area contributed by atoms with Crippen molar-refractivity contribution in [1.82, 2.24) is 19.5 Å². The van der Waals surface area contributed by atoms with E-state index in [9.17, 15) is 8.42 Å². The molecule has 0 amide bonds. The zero-order valence-electron chi connectivity index (χ0n) is 11.4. The highest BCUT2D eigenvalue weighted by atomic mass is 32.2. The van der Waals surface area contributed by atoms with Crippen LogP contribution in [0.25, 0.3) is 0 Å². The van der Waals surface area contributed by atoms with Crippen molar-refractivity contribution in [1.29, 1.82) is 0 Å². The molecule has 0 fully saturated rings.